The van der Waals surface area contributed by atoms with Crippen LogP contribution in [0.5, 0.6) is 5.75 Å². The number of hydrogen-bond donors (Lipinski definition) is 2. The molecule has 0 bridgehead atoms. The number of sulfonamides is 1. The van der Waals surface area contributed by atoms with Gasteiger partial charge in [0.15, 0.2) is 0 Å². The minimum absolute atomic E-state index is 0.102. The number of amides is 2. The Morgan fingerprint density at radius 1 is 1.23 bits per heavy atom. The summed E-state index contributed by atoms with van der Waals surface area (Å²) in [5.41, 5.74) is 0.777. The molecule has 1 heterocycles. The molecular weight excluding hydrogens is 358 g/mol. The molecule has 9 heteroatoms. The molecule has 1 aliphatic rings. The van der Waals surface area contributed by atoms with Crippen molar-refractivity contribution < 1.29 is 22.7 Å². The Labute approximate surface area is 153 Å². The Bertz CT molecular complexity index is 777. The summed E-state index contributed by atoms with van der Waals surface area (Å²) >= 11 is 0. The summed E-state index contributed by atoms with van der Waals surface area (Å²) in [6, 6.07) is 4.63. The van der Waals surface area contributed by atoms with Crippen LogP contribution >= 0.6 is 0 Å². The van der Waals surface area contributed by atoms with Crippen LogP contribution in [0, 0.1) is 5.92 Å². The predicted octanol–water partition coefficient (Wildman–Crippen LogP) is 1.34. The van der Waals surface area contributed by atoms with Crippen LogP contribution in [0.3, 0.4) is 0 Å². The van der Waals surface area contributed by atoms with Crippen molar-refractivity contribution in [2.75, 3.05) is 35.6 Å². The van der Waals surface area contributed by atoms with Crippen molar-refractivity contribution in [2.45, 2.75) is 26.7 Å². The highest BCUT2D eigenvalue weighted by molar-refractivity contribution is 7.92. The Morgan fingerprint density at radius 2 is 1.96 bits per heavy atom. The lowest BCUT2D eigenvalue weighted by Gasteiger charge is -2.29. The number of carbonyl (C=O) groups is 2. The molecule has 8 nitrogen and oxygen atoms in total. The Hall–Kier alpha value is -2.29. The van der Waals surface area contributed by atoms with Crippen molar-refractivity contribution in [3.05, 3.63) is 18.2 Å². The second-order valence-electron chi connectivity index (χ2n) is 6.54. The van der Waals surface area contributed by atoms with E-state index in [9.17, 15) is 18.0 Å². The van der Waals surface area contributed by atoms with Gasteiger partial charge in [0.2, 0.25) is 10.0 Å². The molecule has 2 rings (SSSR count). The van der Waals surface area contributed by atoms with Crippen LogP contribution in [0.1, 0.15) is 26.7 Å². The summed E-state index contributed by atoms with van der Waals surface area (Å²) in [5.74, 6) is -0.857. The van der Waals surface area contributed by atoms with Crippen LogP contribution in [0.15, 0.2) is 18.2 Å². The second kappa shape index (κ2) is 8.39. The molecule has 1 fully saturated rings. The fourth-order valence-electron chi connectivity index (χ4n) is 2.59. The van der Waals surface area contributed by atoms with Crippen molar-refractivity contribution in [1.29, 1.82) is 0 Å². The number of methoxy groups -OCH3 is 1. The highest BCUT2D eigenvalue weighted by Gasteiger charge is 2.28. The SMILES string of the molecule is COc1cc(NC(=O)C(=O)NCC(C)C)ccc1N1CCCCS1(=O)=O. The van der Waals surface area contributed by atoms with Gasteiger partial charge in [-0.15, -0.1) is 0 Å². The highest BCUT2D eigenvalue weighted by atomic mass is 32.2. The topological polar surface area (TPSA) is 105 Å². The van der Waals surface area contributed by atoms with E-state index in [-0.39, 0.29) is 11.7 Å². The lowest BCUT2D eigenvalue weighted by molar-refractivity contribution is -0.136. The van der Waals surface area contributed by atoms with Crippen LogP contribution in [0.2, 0.25) is 0 Å². The zero-order chi connectivity index (χ0) is 19.3. The molecule has 0 spiro atoms. The molecule has 1 saturated heterocycles. The Kier molecular flexibility index (Phi) is 6.47. The maximum absolute atomic E-state index is 12.3. The first-order valence-corrected chi connectivity index (χ1v) is 10.1. The van der Waals surface area contributed by atoms with E-state index in [0.29, 0.717) is 36.6 Å². The third kappa shape index (κ3) is 4.87. The lowest BCUT2D eigenvalue weighted by Crippen LogP contribution is -2.38. The van der Waals surface area contributed by atoms with Crippen LogP contribution < -0.4 is 19.7 Å². The zero-order valence-corrected chi connectivity index (χ0v) is 16.1. The van der Waals surface area contributed by atoms with Gasteiger partial charge in [-0.2, -0.15) is 0 Å². The summed E-state index contributed by atoms with van der Waals surface area (Å²) in [6.45, 7) is 4.65. The van der Waals surface area contributed by atoms with Gasteiger partial charge < -0.3 is 15.4 Å². The fraction of sp³-hybridized carbons (Fsp3) is 0.529. The predicted molar refractivity (Wildman–Crippen MR) is 99.8 cm³/mol. The maximum Gasteiger partial charge on any atom is 0.313 e. The number of nitrogens with zero attached hydrogens (tertiary/aromatic N) is 1. The van der Waals surface area contributed by atoms with E-state index >= 15 is 0 Å². The molecule has 1 aromatic rings. The lowest BCUT2D eigenvalue weighted by atomic mass is 10.2. The van der Waals surface area contributed by atoms with Gasteiger partial charge in [0.05, 0.1) is 18.6 Å². The van der Waals surface area contributed by atoms with E-state index in [1.165, 1.54) is 17.5 Å². The van der Waals surface area contributed by atoms with Gasteiger partial charge in [0.25, 0.3) is 0 Å². The number of rotatable bonds is 5. The molecule has 144 valence electrons. The molecule has 1 aliphatic heterocycles. The summed E-state index contributed by atoms with van der Waals surface area (Å²) < 4.78 is 31.2. The molecule has 0 saturated carbocycles. The number of ether oxygens (including phenoxy) is 1. The molecular formula is C17H25N3O5S. The van der Waals surface area contributed by atoms with E-state index < -0.39 is 21.8 Å². The van der Waals surface area contributed by atoms with Gasteiger partial charge >= 0.3 is 11.8 Å². The molecule has 2 amide bonds. The largest absolute Gasteiger partial charge is 0.494 e. The van der Waals surface area contributed by atoms with Crippen molar-refractivity contribution in [3.63, 3.8) is 0 Å². The second-order valence-corrected chi connectivity index (χ2v) is 8.55. The molecule has 1 aromatic carbocycles. The van der Waals surface area contributed by atoms with Gasteiger partial charge in [-0.3, -0.25) is 13.9 Å². The first kappa shape index (κ1) is 20.0. The zero-order valence-electron chi connectivity index (χ0n) is 15.2. The third-order valence-corrected chi connectivity index (χ3v) is 5.79. The van der Waals surface area contributed by atoms with Crippen molar-refractivity contribution in [3.8, 4) is 5.75 Å². The summed E-state index contributed by atoms with van der Waals surface area (Å²) in [5, 5.41) is 5.03. The third-order valence-electron chi connectivity index (χ3n) is 3.93. The van der Waals surface area contributed by atoms with Gasteiger partial charge in [-0.1, -0.05) is 13.8 Å². The van der Waals surface area contributed by atoms with E-state index in [0.717, 1.165) is 6.42 Å². The first-order chi connectivity index (χ1) is 12.2. The highest BCUT2D eigenvalue weighted by Crippen LogP contribution is 2.34. The summed E-state index contributed by atoms with van der Waals surface area (Å²) in [6.07, 6.45) is 1.41. The minimum atomic E-state index is -3.37. The maximum atomic E-state index is 12.3. The normalized spacial score (nSPS) is 16.2. The number of hydrogen-bond acceptors (Lipinski definition) is 5. The van der Waals surface area contributed by atoms with E-state index in [1.54, 1.807) is 12.1 Å². The van der Waals surface area contributed by atoms with Crippen LogP contribution in [-0.2, 0) is 19.6 Å². The van der Waals surface area contributed by atoms with Crippen molar-refractivity contribution >= 4 is 33.2 Å². The molecule has 0 aliphatic carbocycles. The van der Waals surface area contributed by atoms with Crippen LogP contribution in [0.4, 0.5) is 11.4 Å². The van der Waals surface area contributed by atoms with Crippen LogP contribution in [-0.4, -0.2) is 46.2 Å². The number of benzene rings is 1. The summed E-state index contributed by atoms with van der Waals surface area (Å²) in [4.78, 5) is 23.7. The number of anilines is 2. The van der Waals surface area contributed by atoms with Gasteiger partial charge in [0, 0.05) is 24.8 Å². The Balaban J connectivity index is 2.15. The summed E-state index contributed by atoms with van der Waals surface area (Å²) in [7, 11) is -1.95. The average Bonchev–Trinajstić information content (AvgIpc) is 2.59. The van der Waals surface area contributed by atoms with Crippen molar-refractivity contribution in [1.82, 2.24) is 5.32 Å². The molecule has 0 atom stereocenters. The number of nitrogens with one attached hydrogen (secondary N) is 2. The van der Waals surface area contributed by atoms with E-state index in [4.69, 9.17) is 4.74 Å². The quantitative estimate of drug-likeness (QED) is 0.747. The van der Waals surface area contributed by atoms with Crippen LogP contribution in [0.25, 0.3) is 0 Å². The molecule has 0 aromatic heterocycles. The van der Waals surface area contributed by atoms with E-state index in [1.807, 2.05) is 13.8 Å². The fourth-order valence-corrected chi connectivity index (χ4v) is 4.23. The van der Waals surface area contributed by atoms with Gasteiger partial charge in [0.1, 0.15) is 5.75 Å². The molecule has 2 N–H and O–H groups in total. The smallest absolute Gasteiger partial charge is 0.313 e. The number of carbonyl (C=O) groups excluding carboxylic acids is 2. The first-order valence-electron chi connectivity index (χ1n) is 8.52. The monoisotopic (exact) mass is 383 g/mol. The van der Waals surface area contributed by atoms with Gasteiger partial charge in [-0.25, -0.2) is 8.42 Å². The molecule has 0 radical (unpaired) electrons. The Morgan fingerprint density at radius 3 is 2.58 bits per heavy atom. The standard InChI is InChI=1S/C17H25N3O5S/c1-12(2)11-18-16(21)17(22)19-13-6-7-14(15(10-13)25-3)20-8-4-5-9-26(20,23)24/h6-7,10,12H,4-5,8-9,11H2,1-3H3,(H,18,21)(H,19,22). The molecule has 26 heavy (non-hydrogen) atoms. The van der Waals surface area contributed by atoms with Crippen molar-refractivity contribution in [2.24, 2.45) is 5.92 Å². The minimum Gasteiger partial charge on any atom is -0.494 e. The van der Waals surface area contributed by atoms with E-state index in [2.05, 4.69) is 10.6 Å². The average molecular weight is 383 g/mol. The van der Waals surface area contributed by atoms with Gasteiger partial charge in [-0.05, 0) is 30.9 Å². The molecule has 0 unspecified atom stereocenters.